The molecule has 0 aliphatic rings. The van der Waals surface area contributed by atoms with E-state index < -0.39 is 10.0 Å². The quantitative estimate of drug-likeness (QED) is 0.572. The van der Waals surface area contributed by atoms with E-state index in [-0.39, 0.29) is 16.6 Å². The van der Waals surface area contributed by atoms with Crippen molar-refractivity contribution in [1.82, 2.24) is 14.1 Å². The van der Waals surface area contributed by atoms with Gasteiger partial charge in [-0.1, -0.05) is 20.8 Å². The molecule has 0 saturated heterocycles. The number of carbonyl (C=O) groups excluding carboxylic acids is 1. The van der Waals surface area contributed by atoms with Crippen LogP contribution in [0.5, 0.6) is 0 Å². The third-order valence-corrected chi connectivity index (χ3v) is 7.04. The Morgan fingerprint density at radius 2 is 1.65 bits per heavy atom. The van der Waals surface area contributed by atoms with Crippen molar-refractivity contribution in [3.8, 4) is 5.69 Å². The summed E-state index contributed by atoms with van der Waals surface area (Å²) < 4.78 is 41.4. The number of hydrogen-bond acceptors (Lipinski definition) is 4. The lowest BCUT2D eigenvalue weighted by Gasteiger charge is -2.18. The molecule has 0 spiro atoms. The summed E-state index contributed by atoms with van der Waals surface area (Å²) in [5.74, 6) is -0.706. The average Bonchev–Trinajstić information content (AvgIpc) is 3.19. The lowest BCUT2D eigenvalue weighted by atomic mass is 10.2. The van der Waals surface area contributed by atoms with Gasteiger partial charge in [0.05, 0.1) is 28.0 Å². The Balaban J connectivity index is 1.81. The van der Waals surface area contributed by atoms with Crippen molar-refractivity contribution in [2.24, 2.45) is 0 Å². The molecule has 0 aliphatic carbocycles. The van der Waals surface area contributed by atoms with Crippen LogP contribution in [-0.4, -0.2) is 41.5 Å². The van der Waals surface area contributed by atoms with Crippen LogP contribution < -0.4 is 5.32 Å². The Bertz CT molecular complexity index is 1150. The standard InChI is InChI=1S/C22H25FN4O3S/c1-4-21-20(15-24-27(21)18-11-7-16(23)8-12-18)22(28)25-17-9-13-19(14-10-17)31(29,30)26(5-2)6-3/h7-15H,4-6H2,1-3H3,(H,25,28). The van der Waals surface area contributed by atoms with Crippen LogP contribution in [0.15, 0.2) is 59.6 Å². The maximum absolute atomic E-state index is 13.2. The largest absolute Gasteiger partial charge is 0.322 e. The molecular formula is C22H25FN4O3S. The van der Waals surface area contributed by atoms with Crippen LogP contribution in [-0.2, 0) is 16.4 Å². The molecule has 0 unspecified atom stereocenters. The van der Waals surface area contributed by atoms with E-state index in [0.717, 1.165) is 0 Å². The van der Waals surface area contributed by atoms with Gasteiger partial charge in [-0.2, -0.15) is 9.40 Å². The number of nitrogens with one attached hydrogen (secondary N) is 1. The number of aromatic nitrogens is 2. The highest BCUT2D eigenvalue weighted by molar-refractivity contribution is 7.89. The second kappa shape index (κ2) is 9.40. The molecule has 1 N–H and O–H groups in total. The molecule has 0 fully saturated rings. The van der Waals surface area contributed by atoms with Crippen LogP contribution in [0.2, 0.25) is 0 Å². The minimum atomic E-state index is -3.56. The van der Waals surface area contributed by atoms with Crippen molar-refractivity contribution in [3.05, 3.63) is 71.8 Å². The van der Waals surface area contributed by atoms with Gasteiger partial charge in [-0.05, 0) is 55.0 Å². The predicted molar refractivity (Wildman–Crippen MR) is 117 cm³/mol. The number of rotatable bonds is 8. The van der Waals surface area contributed by atoms with Crippen LogP contribution in [0.3, 0.4) is 0 Å². The van der Waals surface area contributed by atoms with Gasteiger partial charge in [0, 0.05) is 18.8 Å². The molecule has 0 radical (unpaired) electrons. The zero-order chi connectivity index (χ0) is 22.6. The fourth-order valence-electron chi connectivity index (χ4n) is 3.33. The number of nitrogens with zero attached hydrogens (tertiary/aromatic N) is 3. The number of amides is 1. The average molecular weight is 445 g/mol. The highest BCUT2D eigenvalue weighted by Gasteiger charge is 2.22. The van der Waals surface area contributed by atoms with E-state index in [4.69, 9.17) is 0 Å². The van der Waals surface area contributed by atoms with Crippen molar-refractivity contribution < 1.29 is 17.6 Å². The molecule has 0 aliphatic heterocycles. The third-order valence-electron chi connectivity index (χ3n) is 4.97. The summed E-state index contributed by atoms with van der Waals surface area (Å²) >= 11 is 0. The van der Waals surface area contributed by atoms with E-state index in [9.17, 15) is 17.6 Å². The molecule has 9 heteroatoms. The molecule has 2 aromatic carbocycles. The maximum Gasteiger partial charge on any atom is 0.259 e. The Morgan fingerprint density at radius 1 is 1.03 bits per heavy atom. The molecule has 7 nitrogen and oxygen atoms in total. The van der Waals surface area contributed by atoms with Crippen molar-refractivity contribution >= 4 is 21.6 Å². The van der Waals surface area contributed by atoms with Crippen molar-refractivity contribution in [3.63, 3.8) is 0 Å². The van der Waals surface area contributed by atoms with Gasteiger partial charge in [-0.3, -0.25) is 4.79 Å². The fourth-order valence-corrected chi connectivity index (χ4v) is 4.79. The van der Waals surface area contributed by atoms with Gasteiger partial charge in [0.25, 0.3) is 5.91 Å². The Morgan fingerprint density at radius 3 is 2.19 bits per heavy atom. The van der Waals surface area contributed by atoms with Crippen molar-refractivity contribution in [2.45, 2.75) is 32.1 Å². The van der Waals surface area contributed by atoms with Gasteiger partial charge in [0.1, 0.15) is 5.82 Å². The summed E-state index contributed by atoms with van der Waals surface area (Å²) in [4.78, 5) is 13.0. The third kappa shape index (κ3) is 4.67. The SMILES string of the molecule is CCc1c(C(=O)Nc2ccc(S(=O)(=O)N(CC)CC)cc2)cnn1-c1ccc(F)cc1. The summed E-state index contributed by atoms with van der Waals surface area (Å²) in [5, 5.41) is 7.06. The molecule has 1 amide bonds. The van der Waals surface area contributed by atoms with Gasteiger partial charge < -0.3 is 5.32 Å². The van der Waals surface area contributed by atoms with Crippen LogP contribution in [0, 0.1) is 5.82 Å². The molecule has 1 aromatic heterocycles. The fraction of sp³-hybridized carbons (Fsp3) is 0.273. The number of anilines is 1. The second-order valence-electron chi connectivity index (χ2n) is 6.81. The smallest absolute Gasteiger partial charge is 0.259 e. The second-order valence-corrected chi connectivity index (χ2v) is 8.75. The van der Waals surface area contributed by atoms with E-state index >= 15 is 0 Å². The first-order chi connectivity index (χ1) is 14.8. The summed E-state index contributed by atoms with van der Waals surface area (Å²) in [5.41, 5.74) is 2.21. The topological polar surface area (TPSA) is 84.3 Å². The minimum absolute atomic E-state index is 0.174. The van der Waals surface area contributed by atoms with Gasteiger partial charge in [0.15, 0.2) is 0 Å². The number of halogens is 1. The molecule has 1 heterocycles. The molecular weight excluding hydrogens is 419 g/mol. The first-order valence-electron chi connectivity index (χ1n) is 10.1. The van der Waals surface area contributed by atoms with Crippen molar-refractivity contribution in [2.75, 3.05) is 18.4 Å². The lowest BCUT2D eigenvalue weighted by molar-refractivity contribution is 0.102. The summed E-state index contributed by atoms with van der Waals surface area (Å²) in [7, 11) is -3.56. The maximum atomic E-state index is 13.2. The molecule has 164 valence electrons. The van der Waals surface area contributed by atoms with Crippen LogP contribution in [0.4, 0.5) is 10.1 Å². The molecule has 0 saturated carbocycles. The molecule has 3 rings (SSSR count). The van der Waals surface area contributed by atoms with E-state index in [1.807, 2.05) is 6.92 Å². The summed E-state index contributed by atoms with van der Waals surface area (Å²) in [6, 6.07) is 11.9. The zero-order valence-corrected chi connectivity index (χ0v) is 18.5. The van der Waals surface area contributed by atoms with Crippen LogP contribution in [0.25, 0.3) is 5.69 Å². The lowest BCUT2D eigenvalue weighted by Crippen LogP contribution is -2.30. The van der Waals surface area contributed by atoms with Gasteiger partial charge in [-0.25, -0.2) is 17.5 Å². The van der Waals surface area contributed by atoms with Crippen LogP contribution in [0.1, 0.15) is 36.8 Å². The summed E-state index contributed by atoms with van der Waals surface area (Å²) in [6.45, 7) is 6.24. The first-order valence-corrected chi connectivity index (χ1v) is 11.5. The van der Waals surface area contributed by atoms with Gasteiger partial charge in [-0.15, -0.1) is 0 Å². The Hall–Kier alpha value is -3.04. The predicted octanol–water partition coefficient (Wildman–Crippen LogP) is 3.86. The summed E-state index contributed by atoms with van der Waals surface area (Å²) in [6.07, 6.45) is 2.01. The number of sulfonamides is 1. The monoisotopic (exact) mass is 444 g/mol. The van der Waals surface area contributed by atoms with Gasteiger partial charge in [0.2, 0.25) is 10.0 Å². The van der Waals surface area contributed by atoms with Crippen LogP contribution >= 0.6 is 0 Å². The normalized spacial score (nSPS) is 11.6. The number of hydrogen-bond donors (Lipinski definition) is 1. The highest BCUT2D eigenvalue weighted by atomic mass is 32.2. The first kappa shape index (κ1) is 22.6. The highest BCUT2D eigenvalue weighted by Crippen LogP contribution is 2.21. The van der Waals surface area contributed by atoms with Gasteiger partial charge >= 0.3 is 0 Å². The minimum Gasteiger partial charge on any atom is -0.322 e. The molecule has 0 bridgehead atoms. The number of carbonyl (C=O) groups is 1. The van der Waals surface area contributed by atoms with Crippen molar-refractivity contribution in [1.29, 1.82) is 0 Å². The molecule has 3 aromatic rings. The van der Waals surface area contributed by atoms with E-state index in [0.29, 0.717) is 42.1 Å². The number of benzene rings is 2. The van der Waals surface area contributed by atoms with E-state index in [2.05, 4.69) is 10.4 Å². The van der Waals surface area contributed by atoms with E-state index in [1.54, 1.807) is 42.8 Å². The molecule has 31 heavy (non-hydrogen) atoms. The Labute approximate surface area is 181 Å². The zero-order valence-electron chi connectivity index (χ0n) is 17.7. The molecule has 0 atom stereocenters. The Kier molecular flexibility index (Phi) is 6.87. The van der Waals surface area contributed by atoms with E-state index in [1.165, 1.54) is 34.8 Å².